The minimum Gasteiger partial charge on any atom is -0.371 e. The van der Waals surface area contributed by atoms with Crippen molar-refractivity contribution in [2.75, 3.05) is 25.0 Å². The van der Waals surface area contributed by atoms with Crippen molar-refractivity contribution in [1.29, 1.82) is 0 Å². The smallest absolute Gasteiger partial charge is 0.223 e. The summed E-state index contributed by atoms with van der Waals surface area (Å²) < 4.78 is 2.51. The van der Waals surface area contributed by atoms with Crippen LogP contribution in [0.15, 0.2) is 48.5 Å². The van der Waals surface area contributed by atoms with E-state index < -0.39 is 0 Å². The van der Waals surface area contributed by atoms with Crippen molar-refractivity contribution in [3.63, 3.8) is 0 Å². The van der Waals surface area contributed by atoms with Crippen LogP contribution >= 0.6 is 0 Å². The van der Waals surface area contributed by atoms with Crippen LogP contribution in [0.4, 0.5) is 5.69 Å². The van der Waals surface area contributed by atoms with Crippen molar-refractivity contribution < 1.29 is 4.79 Å². The van der Waals surface area contributed by atoms with E-state index >= 15 is 0 Å². The van der Waals surface area contributed by atoms with Crippen LogP contribution < -0.4 is 4.90 Å². The van der Waals surface area contributed by atoms with Crippen LogP contribution in [0.1, 0.15) is 23.2 Å². The normalized spacial score (nSPS) is 15.9. The van der Waals surface area contributed by atoms with Gasteiger partial charge in [-0.05, 0) is 18.1 Å². The first-order chi connectivity index (χ1) is 13.2. The zero-order chi connectivity index (χ0) is 18.4. The lowest BCUT2D eigenvalue weighted by molar-refractivity contribution is -0.132. The second-order valence-corrected chi connectivity index (χ2v) is 7.72. The highest BCUT2D eigenvalue weighted by molar-refractivity contribution is 5.96. The molecule has 0 saturated heterocycles. The average Bonchev–Trinajstić information content (AvgIpc) is 3.04. The second kappa shape index (κ2) is 6.45. The fourth-order valence-corrected chi connectivity index (χ4v) is 4.68. The van der Waals surface area contributed by atoms with Gasteiger partial charge in [0, 0.05) is 62.7 Å². The number of para-hydroxylation sites is 1. The van der Waals surface area contributed by atoms with Gasteiger partial charge < -0.3 is 14.4 Å². The summed E-state index contributed by atoms with van der Waals surface area (Å²) in [5.74, 6) is 0.272. The molecule has 5 rings (SSSR count). The molecule has 0 N–H and O–H groups in total. The highest BCUT2D eigenvalue weighted by Crippen LogP contribution is 2.38. The number of nitrogens with zero attached hydrogens (tertiary/aromatic N) is 3. The van der Waals surface area contributed by atoms with Crippen molar-refractivity contribution in [3.8, 4) is 0 Å². The Hall–Kier alpha value is -2.75. The number of fused-ring (bicyclic) bond motifs is 3. The molecule has 4 heteroatoms. The molecule has 138 valence electrons. The SMILES string of the molecule is CN1CCn2c3c(c4cccc1c42)CN(C(=O)CCc1ccccc1)CC3. The molecule has 3 heterocycles. The lowest BCUT2D eigenvalue weighted by Crippen LogP contribution is -2.37. The number of amides is 1. The van der Waals surface area contributed by atoms with E-state index in [2.05, 4.69) is 51.7 Å². The van der Waals surface area contributed by atoms with Gasteiger partial charge in [0.2, 0.25) is 5.91 Å². The first-order valence-electron chi connectivity index (χ1n) is 9.88. The fourth-order valence-electron chi connectivity index (χ4n) is 4.68. The summed E-state index contributed by atoms with van der Waals surface area (Å²) in [6.45, 7) is 3.68. The van der Waals surface area contributed by atoms with Gasteiger partial charge in [-0.1, -0.05) is 42.5 Å². The van der Waals surface area contributed by atoms with Gasteiger partial charge in [-0.25, -0.2) is 0 Å². The van der Waals surface area contributed by atoms with Gasteiger partial charge in [0.1, 0.15) is 0 Å². The fraction of sp³-hybridized carbons (Fsp3) is 0.348. The molecule has 27 heavy (non-hydrogen) atoms. The van der Waals surface area contributed by atoms with E-state index in [1.54, 1.807) is 0 Å². The molecule has 2 aromatic carbocycles. The molecule has 3 aromatic rings. The third kappa shape index (κ3) is 2.71. The number of aromatic nitrogens is 1. The van der Waals surface area contributed by atoms with Crippen molar-refractivity contribution >= 4 is 22.5 Å². The quantitative estimate of drug-likeness (QED) is 0.715. The number of carbonyl (C=O) groups is 1. The maximum atomic E-state index is 12.8. The molecular weight excluding hydrogens is 334 g/mol. The molecule has 1 aromatic heterocycles. The topological polar surface area (TPSA) is 28.5 Å². The molecule has 0 unspecified atom stereocenters. The number of likely N-dealkylation sites (N-methyl/N-ethyl adjacent to an activating group) is 1. The molecule has 0 radical (unpaired) electrons. The van der Waals surface area contributed by atoms with Gasteiger partial charge in [-0.2, -0.15) is 0 Å². The standard InChI is InChI=1S/C23H25N3O/c1-24-14-15-26-20-12-13-25(22(27)11-10-17-6-3-2-4-7-17)16-19(20)18-8-5-9-21(24)23(18)26/h2-9H,10-16H2,1H3. The Bertz CT molecular complexity index is 1010. The van der Waals surface area contributed by atoms with E-state index in [1.165, 1.54) is 33.4 Å². The first kappa shape index (κ1) is 16.4. The van der Waals surface area contributed by atoms with Crippen molar-refractivity contribution in [2.45, 2.75) is 32.4 Å². The van der Waals surface area contributed by atoms with Gasteiger partial charge in [0.25, 0.3) is 0 Å². The average molecular weight is 359 g/mol. The second-order valence-electron chi connectivity index (χ2n) is 7.72. The van der Waals surface area contributed by atoms with Crippen LogP contribution in [-0.2, 0) is 30.7 Å². The predicted molar refractivity (Wildman–Crippen MR) is 109 cm³/mol. The maximum absolute atomic E-state index is 12.8. The summed E-state index contributed by atoms with van der Waals surface area (Å²) in [6, 6.07) is 16.9. The monoisotopic (exact) mass is 359 g/mol. The van der Waals surface area contributed by atoms with Crippen LogP contribution in [-0.4, -0.2) is 35.5 Å². The van der Waals surface area contributed by atoms with Gasteiger partial charge in [-0.15, -0.1) is 0 Å². The van der Waals surface area contributed by atoms with E-state index in [-0.39, 0.29) is 5.91 Å². The number of rotatable bonds is 3. The molecule has 0 aliphatic carbocycles. The number of hydrogen-bond donors (Lipinski definition) is 0. The Balaban J connectivity index is 1.41. The van der Waals surface area contributed by atoms with E-state index in [0.717, 1.165) is 39.0 Å². The summed E-state index contributed by atoms with van der Waals surface area (Å²) in [6.07, 6.45) is 2.37. The molecule has 0 atom stereocenters. The number of hydrogen-bond acceptors (Lipinski definition) is 2. The Morgan fingerprint density at radius 1 is 1.00 bits per heavy atom. The third-order valence-electron chi connectivity index (χ3n) is 6.14. The van der Waals surface area contributed by atoms with Gasteiger partial charge in [0.05, 0.1) is 11.2 Å². The Kier molecular flexibility index (Phi) is 3.92. The van der Waals surface area contributed by atoms with Crippen molar-refractivity contribution in [3.05, 3.63) is 65.4 Å². The molecule has 0 spiro atoms. The highest BCUT2D eigenvalue weighted by atomic mass is 16.2. The van der Waals surface area contributed by atoms with E-state index in [1.807, 2.05) is 18.2 Å². The Morgan fingerprint density at radius 2 is 1.85 bits per heavy atom. The molecule has 0 fully saturated rings. The van der Waals surface area contributed by atoms with Crippen LogP contribution in [0, 0.1) is 0 Å². The van der Waals surface area contributed by atoms with E-state index in [9.17, 15) is 4.79 Å². The molecule has 0 bridgehead atoms. The molecular formula is C23H25N3O. The Labute approximate surface area is 160 Å². The summed E-state index contributed by atoms with van der Waals surface area (Å²) in [5.41, 5.74) is 6.71. The summed E-state index contributed by atoms with van der Waals surface area (Å²) >= 11 is 0. The minimum atomic E-state index is 0.272. The van der Waals surface area contributed by atoms with Crippen LogP contribution in [0.2, 0.25) is 0 Å². The lowest BCUT2D eigenvalue weighted by atomic mass is 10.0. The summed E-state index contributed by atoms with van der Waals surface area (Å²) in [5, 5.41) is 1.33. The summed E-state index contributed by atoms with van der Waals surface area (Å²) in [7, 11) is 2.17. The summed E-state index contributed by atoms with van der Waals surface area (Å²) in [4.78, 5) is 17.2. The molecule has 2 aliphatic heterocycles. The third-order valence-corrected chi connectivity index (χ3v) is 6.14. The number of aryl methyl sites for hydroxylation is 1. The van der Waals surface area contributed by atoms with Gasteiger partial charge in [0.15, 0.2) is 0 Å². The van der Waals surface area contributed by atoms with Crippen molar-refractivity contribution in [1.82, 2.24) is 9.47 Å². The maximum Gasteiger partial charge on any atom is 0.223 e. The molecule has 0 saturated carbocycles. The van der Waals surface area contributed by atoms with Crippen LogP contribution in [0.5, 0.6) is 0 Å². The van der Waals surface area contributed by atoms with E-state index in [0.29, 0.717) is 6.42 Å². The molecule has 1 amide bonds. The number of carbonyl (C=O) groups excluding carboxylic acids is 1. The highest BCUT2D eigenvalue weighted by Gasteiger charge is 2.29. The zero-order valence-electron chi connectivity index (χ0n) is 15.8. The van der Waals surface area contributed by atoms with Crippen molar-refractivity contribution in [2.24, 2.45) is 0 Å². The predicted octanol–water partition coefficient (Wildman–Crippen LogP) is 3.61. The minimum absolute atomic E-state index is 0.272. The zero-order valence-corrected chi connectivity index (χ0v) is 15.8. The Morgan fingerprint density at radius 3 is 2.70 bits per heavy atom. The molecule has 2 aliphatic rings. The largest absolute Gasteiger partial charge is 0.371 e. The van der Waals surface area contributed by atoms with E-state index in [4.69, 9.17) is 0 Å². The van der Waals surface area contributed by atoms with Gasteiger partial charge >= 0.3 is 0 Å². The number of anilines is 1. The molecule has 4 nitrogen and oxygen atoms in total. The first-order valence-corrected chi connectivity index (χ1v) is 9.88. The lowest BCUT2D eigenvalue weighted by Gasteiger charge is -2.30. The van der Waals surface area contributed by atoms with Crippen LogP contribution in [0.25, 0.3) is 10.9 Å². The van der Waals surface area contributed by atoms with Crippen LogP contribution in [0.3, 0.4) is 0 Å². The van der Waals surface area contributed by atoms with Gasteiger partial charge in [-0.3, -0.25) is 4.79 Å². The number of benzene rings is 2.